The molecule has 78 valence electrons. The monoisotopic (exact) mass is 194 g/mol. The molecular weight excluding hydrogens is 176 g/mol. The van der Waals surface area contributed by atoms with Crippen LogP contribution in [-0.2, 0) is 9.53 Å². The lowest BCUT2D eigenvalue weighted by molar-refractivity contribution is -0.139. The molecule has 0 aliphatic carbocycles. The van der Waals surface area contributed by atoms with Crippen molar-refractivity contribution in [2.45, 2.75) is 20.3 Å². The Bertz CT molecular complexity index is 259. The van der Waals surface area contributed by atoms with Crippen LogP contribution in [0.25, 0.3) is 0 Å². The molecule has 0 heterocycles. The molecule has 0 atom stereocenters. The maximum atomic E-state index is 10.9. The van der Waals surface area contributed by atoms with E-state index in [2.05, 4.69) is 17.9 Å². The highest BCUT2D eigenvalue weighted by Gasteiger charge is 2.07. The van der Waals surface area contributed by atoms with Gasteiger partial charge in [0.05, 0.1) is 13.5 Å². The molecule has 0 rings (SSSR count). The van der Waals surface area contributed by atoms with Crippen molar-refractivity contribution in [2.24, 2.45) is 5.41 Å². The third kappa shape index (κ3) is 5.36. The van der Waals surface area contributed by atoms with E-state index < -0.39 is 0 Å². The van der Waals surface area contributed by atoms with Crippen molar-refractivity contribution in [1.29, 1.82) is 0 Å². The highest BCUT2D eigenvalue weighted by molar-refractivity contribution is 5.72. The standard InChI is InChI=1S/C12H18O2/c1-6-12(3,4)8-7-10(2)9-11(13)14-5/h6-8H,1-2,9H2,3-5H3/b8-7+. The van der Waals surface area contributed by atoms with Gasteiger partial charge in [0.15, 0.2) is 0 Å². The van der Waals surface area contributed by atoms with Gasteiger partial charge in [-0.15, -0.1) is 6.58 Å². The van der Waals surface area contributed by atoms with E-state index in [-0.39, 0.29) is 17.8 Å². The zero-order valence-corrected chi connectivity index (χ0v) is 9.17. The van der Waals surface area contributed by atoms with Gasteiger partial charge in [-0.3, -0.25) is 4.79 Å². The number of allylic oxidation sites excluding steroid dienone is 3. The predicted octanol–water partition coefficient (Wildman–Crippen LogP) is 2.87. The highest BCUT2D eigenvalue weighted by atomic mass is 16.5. The Balaban J connectivity index is 4.19. The van der Waals surface area contributed by atoms with Gasteiger partial charge < -0.3 is 4.74 Å². The van der Waals surface area contributed by atoms with Crippen LogP contribution in [0.3, 0.4) is 0 Å². The van der Waals surface area contributed by atoms with E-state index in [1.54, 1.807) is 0 Å². The van der Waals surface area contributed by atoms with Gasteiger partial charge in [0.25, 0.3) is 0 Å². The molecule has 0 aromatic carbocycles. The second-order valence-corrected chi connectivity index (χ2v) is 3.77. The summed E-state index contributed by atoms with van der Waals surface area (Å²) in [7, 11) is 1.37. The first-order valence-electron chi connectivity index (χ1n) is 4.48. The quantitative estimate of drug-likeness (QED) is 0.382. The molecule has 2 heteroatoms. The van der Waals surface area contributed by atoms with Crippen molar-refractivity contribution >= 4 is 5.97 Å². The third-order valence-corrected chi connectivity index (χ3v) is 1.87. The van der Waals surface area contributed by atoms with Gasteiger partial charge in [-0.25, -0.2) is 0 Å². The largest absolute Gasteiger partial charge is 0.469 e. The lowest BCUT2D eigenvalue weighted by Crippen LogP contribution is -2.03. The summed E-state index contributed by atoms with van der Waals surface area (Å²) in [5.74, 6) is -0.268. The Morgan fingerprint density at radius 2 is 2.07 bits per heavy atom. The van der Waals surface area contributed by atoms with Crippen LogP contribution >= 0.6 is 0 Å². The zero-order valence-electron chi connectivity index (χ0n) is 9.17. The second-order valence-electron chi connectivity index (χ2n) is 3.77. The summed E-state index contributed by atoms with van der Waals surface area (Å²) in [6.07, 6.45) is 5.87. The Labute approximate surface area is 86.0 Å². The molecule has 0 saturated carbocycles. The highest BCUT2D eigenvalue weighted by Crippen LogP contribution is 2.19. The Hall–Kier alpha value is -1.31. The van der Waals surface area contributed by atoms with Gasteiger partial charge in [0.2, 0.25) is 0 Å². The van der Waals surface area contributed by atoms with E-state index in [9.17, 15) is 4.79 Å². The molecule has 0 aliphatic heterocycles. The average Bonchev–Trinajstić information content (AvgIpc) is 2.15. The van der Waals surface area contributed by atoms with Crippen LogP contribution in [0.5, 0.6) is 0 Å². The summed E-state index contributed by atoms with van der Waals surface area (Å²) < 4.78 is 4.53. The molecule has 0 amide bonds. The fraction of sp³-hybridized carbons (Fsp3) is 0.417. The molecule has 0 radical (unpaired) electrons. The number of esters is 1. The Morgan fingerprint density at radius 1 is 1.50 bits per heavy atom. The Kier molecular flexibility index (Phi) is 4.92. The number of hydrogen-bond donors (Lipinski definition) is 0. The van der Waals surface area contributed by atoms with Gasteiger partial charge in [-0.1, -0.05) is 38.7 Å². The summed E-state index contributed by atoms with van der Waals surface area (Å²) in [4.78, 5) is 10.9. The molecule has 0 fully saturated rings. The molecule has 0 bridgehead atoms. The summed E-state index contributed by atoms with van der Waals surface area (Å²) in [5.41, 5.74) is 0.672. The van der Waals surface area contributed by atoms with Gasteiger partial charge in [0, 0.05) is 5.41 Å². The average molecular weight is 194 g/mol. The molecular formula is C12H18O2. The summed E-state index contributed by atoms with van der Waals surface area (Å²) in [6.45, 7) is 11.5. The van der Waals surface area contributed by atoms with Crippen molar-refractivity contribution in [3.05, 3.63) is 37.0 Å². The number of carbonyl (C=O) groups is 1. The van der Waals surface area contributed by atoms with Crippen LogP contribution in [0.1, 0.15) is 20.3 Å². The van der Waals surface area contributed by atoms with E-state index in [0.29, 0.717) is 0 Å². The maximum Gasteiger partial charge on any atom is 0.309 e. The van der Waals surface area contributed by atoms with Crippen molar-refractivity contribution < 1.29 is 9.53 Å². The van der Waals surface area contributed by atoms with Gasteiger partial charge in [0.1, 0.15) is 0 Å². The number of carbonyl (C=O) groups excluding carboxylic acids is 1. The zero-order chi connectivity index (χ0) is 11.2. The smallest absolute Gasteiger partial charge is 0.309 e. The predicted molar refractivity (Wildman–Crippen MR) is 58.9 cm³/mol. The third-order valence-electron chi connectivity index (χ3n) is 1.87. The van der Waals surface area contributed by atoms with E-state index in [1.807, 2.05) is 32.1 Å². The van der Waals surface area contributed by atoms with Gasteiger partial charge in [-0.2, -0.15) is 0 Å². The van der Waals surface area contributed by atoms with E-state index in [1.165, 1.54) is 7.11 Å². The molecule has 0 unspecified atom stereocenters. The number of ether oxygens (including phenoxy) is 1. The van der Waals surface area contributed by atoms with Crippen LogP contribution in [0, 0.1) is 5.41 Å². The minimum Gasteiger partial charge on any atom is -0.469 e. The van der Waals surface area contributed by atoms with Crippen LogP contribution < -0.4 is 0 Å². The number of rotatable bonds is 5. The van der Waals surface area contributed by atoms with Crippen LogP contribution in [0.2, 0.25) is 0 Å². The maximum absolute atomic E-state index is 10.9. The first kappa shape index (κ1) is 12.7. The lowest BCUT2D eigenvalue weighted by atomic mass is 9.92. The number of hydrogen-bond acceptors (Lipinski definition) is 2. The van der Waals surface area contributed by atoms with Crippen molar-refractivity contribution in [1.82, 2.24) is 0 Å². The molecule has 0 spiro atoms. The molecule has 2 nitrogen and oxygen atoms in total. The van der Waals surface area contributed by atoms with Crippen LogP contribution in [0.15, 0.2) is 37.0 Å². The molecule has 0 aromatic rings. The minimum atomic E-state index is -0.268. The first-order chi connectivity index (χ1) is 6.41. The summed E-state index contributed by atoms with van der Waals surface area (Å²) in [5, 5.41) is 0. The molecule has 0 N–H and O–H groups in total. The van der Waals surface area contributed by atoms with E-state index in [4.69, 9.17) is 0 Å². The first-order valence-corrected chi connectivity index (χ1v) is 4.48. The van der Waals surface area contributed by atoms with Crippen LogP contribution in [-0.4, -0.2) is 13.1 Å². The van der Waals surface area contributed by atoms with Crippen molar-refractivity contribution in [3.63, 3.8) is 0 Å². The van der Waals surface area contributed by atoms with E-state index in [0.717, 1.165) is 5.57 Å². The van der Waals surface area contributed by atoms with Gasteiger partial charge in [-0.05, 0) is 5.57 Å². The number of methoxy groups -OCH3 is 1. The van der Waals surface area contributed by atoms with Crippen molar-refractivity contribution in [3.8, 4) is 0 Å². The van der Waals surface area contributed by atoms with E-state index >= 15 is 0 Å². The fourth-order valence-electron chi connectivity index (χ4n) is 0.717. The van der Waals surface area contributed by atoms with Crippen molar-refractivity contribution in [2.75, 3.05) is 7.11 Å². The topological polar surface area (TPSA) is 26.3 Å². The van der Waals surface area contributed by atoms with Gasteiger partial charge >= 0.3 is 5.97 Å². The minimum absolute atomic E-state index is 0.0704. The molecule has 14 heavy (non-hydrogen) atoms. The normalized spacial score (nSPS) is 11.4. The fourth-order valence-corrected chi connectivity index (χ4v) is 0.717. The Morgan fingerprint density at radius 3 is 2.50 bits per heavy atom. The summed E-state index contributed by atoms with van der Waals surface area (Å²) >= 11 is 0. The second kappa shape index (κ2) is 5.43. The molecule has 0 saturated heterocycles. The lowest BCUT2D eigenvalue weighted by Gasteiger charge is -2.13. The SMILES string of the molecule is C=CC(C)(C)/C=C/C(=C)CC(=O)OC. The summed E-state index contributed by atoms with van der Waals surface area (Å²) in [6, 6.07) is 0. The molecule has 0 aliphatic rings. The van der Waals surface area contributed by atoms with Crippen LogP contribution in [0.4, 0.5) is 0 Å². The molecule has 0 aromatic heterocycles.